The Morgan fingerprint density at radius 3 is 2.92 bits per heavy atom. The minimum atomic E-state index is 0.354. The number of unbranched alkanes of at least 4 members (excludes halogenated alkanes) is 1. The quantitative estimate of drug-likeness (QED) is 0.617. The van der Waals surface area contributed by atoms with Crippen LogP contribution in [0.2, 0.25) is 0 Å². The smallest absolute Gasteiger partial charge is 0.0702 e. The third-order valence-electron chi connectivity index (χ3n) is 2.70. The summed E-state index contributed by atoms with van der Waals surface area (Å²) in [5.41, 5.74) is 0. The van der Waals surface area contributed by atoms with E-state index in [1.165, 1.54) is 0 Å². The van der Waals surface area contributed by atoms with Crippen LogP contribution in [0.1, 0.15) is 26.2 Å². The molecule has 0 aliphatic carbocycles. The molecule has 1 fully saturated rings. The van der Waals surface area contributed by atoms with Gasteiger partial charge in [0, 0.05) is 19.1 Å². The van der Waals surface area contributed by atoms with E-state index in [4.69, 9.17) is 10.00 Å². The highest BCUT2D eigenvalue weighted by Crippen LogP contribution is 2.18. The van der Waals surface area contributed by atoms with E-state index in [9.17, 15) is 0 Å². The molecule has 2 atom stereocenters. The summed E-state index contributed by atoms with van der Waals surface area (Å²) in [4.78, 5) is 2.31. The van der Waals surface area contributed by atoms with E-state index in [-0.39, 0.29) is 0 Å². The lowest BCUT2D eigenvalue weighted by Crippen LogP contribution is -2.37. The molecule has 3 nitrogen and oxygen atoms in total. The van der Waals surface area contributed by atoms with E-state index in [1.807, 2.05) is 0 Å². The normalized spacial score (nSPS) is 27.8. The van der Waals surface area contributed by atoms with Gasteiger partial charge in [-0.15, -0.1) is 0 Å². The fraction of sp³-hybridized carbons (Fsp3) is 0.900. The van der Waals surface area contributed by atoms with Gasteiger partial charge in [0.25, 0.3) is 0 Å². The second kappa shape index (κ2) is 5.21. The molecule has 0 saturated carbocycles. The monoisotopic (exact) mass is 182 g/mol. The molecule has 2 unspecified atom stereocenters. The molecule has 13 heavy (non-hydrogen) atoms. The number of ether oxygens (including phenoxy) is 1. The Morgan fingerprint density at radius 2 is 2.38 bits per heavy atom. The summed E-state index contributed by atoms with van der Waals surface area (Å²) < 4.78 is 5.49. The van der Waals surface area contributed by atoms with Crippen molar-refractivity contribution in [2.75, 3.05) is 20.2 Å². The molecule has 0 aromatic heterocycles. The SMILES string of the molecule is CC1OCCC1N(C)CCCC#N. The topological polar surface area (TPSA) is 36.3 Å². The van der Waals surface area contributed by atoms with E-state index in [0.717, 1.165) is 26.0 Å². The van der Waals surface area contributed by atoms with E-state index in [1.54, 1.807) is 0 Å². The highest BCUT2D eigenvalue weighted by Gasteiger charge is 2.27. The summed E-state index contributed by atoms with van der Waals surface area (Å²) in [5.74, 6) is 0. The lowest BCUT2D eigenvalue weighted by atomic mass is 10.1. The van der Waals surface area contributed by atoms with Crippen molar-refractivity contribution in [3.8, 4) is 6.07 Å². The molecule has 1 saturated heterocycles. The Bertz CT molecular complexity index is 188. The van der Waals surface area contributed by atoms with Crippen molar-refractivity contribution in [3.63, 3.8) is 0 Å². The summed E-state index contributed by atoms with van der Waals surface area (Å²) in [7, 11) is 2.12. The standard InChI is InChI=1S/C10H18N2O/c1-9-10(5-8-13-9)12(2)7-4-3-6-11/h9-10H,3-5,7-8H2,1-2H3. The number of hydrogen-bond acceptors (Lipinski definition) is 3. The molecule has 0 amide bonds. The highest BCUT2D eigenvalue weighted by molar-refractivity contribution is 4.81. The Labute approximate surface area is 80.3 Å². The first-order chi connectivity index (χ1) is 6.25. The first kappa shape index (κ1) is 10.5. The number of nitriles is 1. The molecule has 1 aliphatic rings. The zero-order chi connectivity index (χ0) is 9.68. The summed E-state index contributed by atoms with van der Waals surface area (Å²) in [6, 6.07) is 2.72. The predicted octanol–water partition coefficient (Wildman–Crippen LogP) is 1.40. The van der Waals surface area contributed by atoms with Gasteiger partial charge in [-0.1, -0.05) is 0 Å². The van der Waals surface area contributed by atoms with Gasteiger partial charge in [0.05, 0.1) is 12.2 Å². The van der Waals surface area contributed by atoms with Crippen molar-refractivity contribution in [3.05, 3.63) is 0 Å². The number of hydrogen-bond donors (Lipinski definition) is 0. The van der Waals surface area contributed by atoms with Crippen LogP contribution in [0, 0.1) is 11.3 Å². The molecule has 0 spiro atoms. The average molecular weight is 182 g/mol. The fourth-order valence-electron chi connectivity index (χ4n) is 1.87. The fourth-order valence-corrected chi connectivity index (χ4v) is 1.87. The van der Waals surface area contributed by atoms with Gasteiger partial charge < -0.3 is 9.64 Å². The van der Waals surface area contributed by atoms with E-state index < -0.39 is 0 Å². The Balaban J connectivity index is 2.22. The maximum Gasteiger partial charge on any atom is 0.0702 e. The highest BCUT2D eigenvalue weighted by atomic mass is 16.5. The van der Waals surface area contributed by atoms with Crippen LogP contribution in [-0.4, -0.2) is 37.2 Å². The molecule has 3 heteroatoms. The van der Waals surface area contributed by atoms with Gasteiger partial charge in [-0.2, -0.15) is 5.26 Å². The van der Waals surface area contributed by atoms with Crippen molar-refractivity contribution >= 4 is 0 Å². The molecule has 1 aliphatic heterocycles. The molecule has 0 aromatic rings. The molecule has 0 N–H and O–H groups in total. The van der Waals surface area contributed by atoms with Crippen molar-refractivity contribution in [1.29, 1.82) is 5.26 Å². The minimum Gasteiger partial charge on any atom is -0.377 e. The second-order valence-electron chi connectivity index (χ2n) is 3.67. The number of nitrogens with zero attached hydrogens (tertiary/aromatic N) is 2. The first-order valence-corrected chi connectivity index (χ1v) is 4.94. The van der Waals surface area contributed by atoms with E-state index in [2.05, 4.69) is 24.9 Å². The first-order valence-electron chi connectivity index (χ1n) is 4.94. The van der Waals surface area contributed by atoms with Crippen LogP contribution in [-0.2, 0) is 4.74 Å². The molecule has 0 aromatic carbocycles. The zero-order valence-corrected chi connectivity index (χ0v) is 8.49. The van der Waals surface area contributed by atoms with Gasteiger partial charge in [-0.25, -0.2) is 0 Å². The third-order valence-corrected chi connectivity index (χ3v) is 2.70. The van der Waals surface area contributed by atoms with Crippen molar-refractivity contribution in [2.45, 2.75) is 38.3 Å². The summed E-state index contributed by atoms with van der Waals surface area (Å²) in [6.07, 6.45) is 3.11. The predicted molar refractivity (Wildman–Crippen MR) is 51.3 cm³/mol. The average Bonchev–Trinajstić information content (AvgIpc) is 2.52. The number of rotatable bonds is 4. The van der Waals surface area contributed by atoms with Crippen LogP contribution in [0.25, 0.3) is 0 Å². The Hall–Kier alpha value is -0.590. The molecule has 0 radical (unpaired) electrons. The van der Waals surface area contributed by atoms with Crippen LogP contribution in [0.4, 0.5) is 0 Å². The van der Waals surface area contributed by atoms with Gasteiger partial charge in [0.2, 0.25) is 0 Å². The molecule has 1 heterocycles. The van der Waals surface area contributed by atoms with Crippen molar-refractivity contribution in [1.82, 2.24) is 4.90 Å². The van der Waals surface area contributed by atoms with Crippen LogP contribution < -0.4 is 0 Å². The maximum absolute atomic E-state index is 8.40. The number of likely N-dealkylation sites (N-methyl/N-ethyl adjacent to an activating group) is 1. The molecule has 74 valence electrons. The summed E-state index contributed by atoms with van der Waals surface area (Å²) >= 11 is 0. The van der Waals surface area contributed by atoms with E-state index >= 15 is 0 Å². The largest absolute Gasteiger partial charge is 0.377 e. The molecule has 0 bridgehead atoms. The summed E-state index contributed by atoms with van der Waals surface area (Å²) in [5, 5.41) is 8.40. The van der Waals surface area contributed by atoms with Gasteiger partial charge in [-0.05, 0) is 33.4 Å². The lowest BCUT2D eigenvalue weighted by molar-refractivity contribution is 0.0835. The second-order valence-corrected chi connectivity index (χ2v) is 3.67. The molecular formula is C10H18N2O. The minimum absolute atomic E-state index is 0.354. The summed E-state index contributed by atoms with van der Waals surface area (Å²) in [6.45, 7) is 4.01. The van der Waals surface area contributed by atoms with Crippen LogP contribution in [0.15, 0.2) is 0 Å². The van der Waals surface area contributed by atoms with Gasteiger partial charge >= 0.3 is 0 Å². The third kappa shape index (κ3) is 2.98. The van der Waals surface area contributed by atoms with Crippen molar-refractivity contribution in [2.24, 2.45) is 0 Å². The maximum atomic E-state index is 8.40. The van der Waals surface area contributed by atoms with Crippen LogP contribution in [0.5, 0.6) is 0 Å². The van der Waals surface area contributed by atoms with Gasteiger partial charge in [0.15, 0.2) is 0 Å². The zero-order valence-electron chi connectivity index (χ0n) is 8.49. The van der Waals surface area contributed by atoms with Gasteiger partial charge in [-0.3, -0.25) is 0 Å². The van der Waals surface area contributed by atoms with Crippen LogP contribution >= 0.6 is 0 Å². The van der Waals surface area contributed by atoms with Gasteiger partial charge in [0.1, 0.15) is 0 Å². The van der Waals surface area contributed by atoms with Crippen LogP contribution in [0.3, 0.4) is 0 Å². The molecule has 1 rings (SSSR count). The van der Waals surface area contributed by atoms with E-state index in [0.29, 0.717) is 18.6 Å². The lowest BCUT2D eigenvalue weighted by Gasteiger charge is -2.26. The Kier molecular flexibility index (Phi) is 4.20. The van der Waals surface area contributed by atoms with Crippen molar-refractivity contribution < 1.29 is 4.74 Å². The molecular weight excluding hydrogens is 164 g/mol. The Morgan fingerprint density at radius 1 is 1.62 bits per heavy atom.